The standard InChI is InChI=1S/C18H21N3O3S/c1-13-16(19-9-8-17(13)24-11-5-10-23-2)12-25(22)18-20-14-6-3-4-7-15(14)21-18/h3-4,6-9H,5,10-12H2,1-2H3,(H,20,21)/i3D,4D,6D,7D. The number of nitrogens with zero attached hydrogens (tertiary/aromatic N) is 2. The Balaban J connectivity index is 1.83. The third-order valence-corrected chi connectivity index (χ3v) is 4.77. The number of benzene rings is 1. The van der Waals surface area contributed by atoms with E-state index in [1.807, 2.05) is 6.92 Å². The smallest absolute Gasteiger partial charge is 0.322 e. The molecule has 1 N–H and O–H groups in total. The summed E-state index contributed by atoms with van der Waals surface area (Å²) in [5, 5.41) is 0.0830. The Morgan fingerprint density at radius 3 is 3.00 bits per heavy atom. The van der Waals surface area contributed by atoms with Crippen molar-refractivity contribution in [3.8, 4) is 5.75 Å². The van der Waals surface area contributed by atoms with Crippen LogP contribution in [0.15, 0.2) is 41.6 Å². The molecule has 25 heavy (non-hydrogen) atoms. The van der Waals surface area contributed by atoms with Crippen LogP contribution in [0.5, 0.6) is 5.75 Å². The molecule has 1 atom stereocenters. The van der Waals surface area contributed by atoms with Crippen molar-refractivity contribution in [3.05, 3.63) is 47.7 Å². The van der Waals surface area contributed by atoms with Gasteiger partial charge in [-0.3, -0.25) is 9.97 Å². The molecule has 7 heteroatoms. The van der Waals surface area contributed by atoms with Gasteiger partial charge in [-0.2, -0.15) is 4.98 Å². The summed E-state index contributed by atoms with van der Waals surface area (Å²) < 4.78 is 55.0. The van der Waals surface area contributed by atoms with Crippen LogP contribution in [0.4, 0.5) is 0 Å². The van der Waals surface area contributed by atoms with Gasteiger partial charge in [-0.15, -0.1) is 0 Å². The molecule has 0 saturated heterocycles. The van der Waals surface area contributed by atoms with E-state index in [0.717, 1.165) is 12.0 Å². The van der Waals surface area contributed by atoms with E-state index in [2.05, 4.69) is 15.0 Å². The van der Waals surface area contributed by atoms with E-state index in [4.69, 9.17) is 15.0 Å². The van der Waals surface area contributed by atoms with E-state index in [1.54, 1.807) is 19.4 Å². The van der Waals surface area contributed by atoms with E-state index in [0.29, 0.717) is 24.7 Å². The molecule has 0 amide bonds. The molecule has 0 aliphatic carbocycles. The zero-order valence-corrected chi connectivity index (χ0v) is 14.8. The molecule has 132 valence electrons. The van der Waals surface area contributed by atoms with Gasteiger partial charge in [0.2, 0.25) is 0 Å². The molecule has 0 bridgehead atoms. The van der Waals surface area contributed by atoms with Crippen LogP contribution in [0.3, 0.4) is 0 Å². The molecular weight excluding hydrogens is 338 g/mol. The van der Waals surface area contributed by atoms with Gasteiger partial charge in [0.25, 0.3) is 0 Å². The number of para-hydroxylation sites is 2. The Labute approximate surface area is 155 Å². The molecule has 6 nitrogen and oxygen atoms in total. The summed E-state index contributed by atoms with van der Waals surface area (Å²) >= 11 is -1.62. The van der Waals surface area contributed by atoms with Crippen molar-refractivity contribution in [1.82, 2.24) is 15.0 Å². The van der Waals surface area contributed by atoms with Gasteiger partial charge in [-0.1, -0.05) is 12.1 Å². The fraction of sp³-hybridized carbons (Fsp3) is 0.333. The van der Waals surface area contributed by atoms with Crippen LogP contribution in [0.2, 0.25) is 0 Å². The molecule has 2 heterocycles. The Kier molecular flexibility index (Phi) is 4.38. The monoisotopic (exact) mass is 363 g/mol. The average molecular weight is 363 g/mol. The number of H-pyrrole nitrogens is 1. The van der Waals surface area contributed by atoms with Crippen molar-refractivity contribution in [2.75, 3.05) is 20.3 Å². The molecule has 1 unspecified atom stereocenters. The molecule has 2 aromatic heterocycles. The van der Waals surface area contributed by atoms with Gasteiger partial charge in [-0.25, -0.2) is 0 Å². The van der Waals surface area contributed by atoms with Crippen molar-refractivity contribution in [3.63, 3.8) is 0 Å². The number of imidazole rings is 1. The topological polar surface area (TPSA) is 83.1 Å². The minimum Gasteiger partial charge on any atom is -0.609 e. The number of ether oxygens (including phenoxy) is 2. The van der Waals surface area contributed by atoms with Gasteiger partial charge in [0, 0.05) is 43.1 Å². The van der Waals surface area contributed by atoms with Crippen molar-refractivity contribution in [2.45, 2.75) is 24.3 Å². The van der Waals surface area contributed by atoms with Gasteiger partial charge >= 0.3 is 5.16 Å². The first-order valence-corrected chi connectivity index (χ1v) is 9.07. The minimum atomic E-state index is -1.62. The number of methoxy groups -OCH3 is 1. The summed E-state index contributed by atoms with van der Waals surface area (Å²) in [5.41, 5.74) is 1.57. The van der Waals surface area contributed by atoms with Gasteiger partial charge in [-0.05, 0) is 25.1 Å². The Bertz CT molecular complexity index is 986. The van der Waals surface area contributed by atoms with Crippen LogP contribution in [0.25, 0.3) is 11.0 Å². The fourth-order valence-corrected chi connectivity index (χ4v) is 3.35. The largest absolute Gasteiger partial charge is 0.609 e. The lowest BCUT2D eigenvalue weighted by molar-refractivity contribution is 0.172. The van der Waals surface area contributed by atoms with Crippen molar-refractivity contribution < 1.29 is 19.5 Å². The van der Waals surface area contributed by atoms with E-state index < -0.39 is 11.2 Å². The number of hydrogen-bond donors (Lipinski definition) is 1. The van der Waals surface area contributed by atoms with Crippen molar-refractivity contribution in [1.29, 1.82) is 0 Å². The fourth-order valence-electron chi connectivity index (χ4n) is 2.26. The maximum Gasteiger partial charge on any atom is 0.322 e. The predicted octanol–water partition coefficient (Wildman–Crippen LogP) is 2.99. The molecule has 0 saturated carbocycles. The Hall–Kier alpha value is -2.09. The maximum absolute atomic E-state index is 12.8. The van der Waals surface area contributed by atoms with E-state index in [9.17, 15) is 4.55 Å². The number of rotatable bonds is 8. The van der Waals surface area contributed by atoms with Gasteiger partial charge in [0.15, 0.2) is 5.75 Å². The summed E-state index contributed by atoms with van der Waals surface area (Å²) in [7, 11) is 1.63. The number of aromatic nitrogens is 3. The Morgan fingerprint density at radius 1 is 1.32 bits per heavy atom. The number of nitrogens with one attached hydrogen (secondary N) is 1. The molecule has 0 spiro atoms. The third kappa shape index (κ3) is 4.31. The van der Waals surface area contributed by atoms with Gasteiger partial charge < -0.3 is 14.0 Å². The normalized spacial score (nSPS) is 14.7. The van der Waals surface area contributed by atoms with Gasteiger partial charge in [0.1, 0.15) is 5.75 Å². The summed E-state index contributed by atoms with van der Waals surface area (Å²) in [5.74, 6) is 0.732. The average Bonchev–Trinajstić information content (AvgIpc) is 3.16. The summed E-state index contributed by atoms with van der Waals surface area (Å²) in [4.78, 5) is 11.2. The molecule has 0 radical (unpaired) electrons. The molecule has 0 aliphatic rings. The highest BCUT2D eigenvalue weighted by molar-refractivity contribution is 7.90. The SMILES string of the molecule is [2H]c1c([2H])c([2H])c2[nH]c([S+]([O-])Cc3nccc(OCCCOC)c3C)nc2c1[2H]. The first kappa shape index (κ1) is 13.2. The van der Waals surface area contributed by atoms with E-state index >= 15 is 0 Å². The first-order valence-electron chi connectivity index (χ1n) is 9.75. The second-order valence-corrected chi connectivity index (χ2v) is 6.70. The zero-order chi connectivity index (χ0) is 21.1. The van der Waals surface area contributed by atoms with Crippen molar-refractivity contribution in [2.24, 2.45) is 0 Å². The van der Waals surface area contributed by atoms with Crippen LogP contribution in [0, 0.1) is 6.92 Å². The van der Waals surface area contributed by atoms with E-state index in [1.165, 1.54) is 0 Å². The molecular formula is C18H21N3O3S. The number of hydrogen-bond acceptors (Lipinski definition) is 5. The van der Waals surface area contributed by atoms with Crippen LogP contribution in [-0.2, 0) is 21.7 Å². The van der Waals surface area contributed by atoms with E-state index in [-0.39, 0.29) is 46.1 Å². The molecule has 3 rings (SSSR count). The molecule has 3 aromatic rings. The lowest BCUT2D eigenvalue weighted by atomic mass is 10.2. The molecule has 1 aromatic carbocycles. The summed E-state index contributed by atoms with van der Waals surface area (Å²) in [6.45, 7) is 2.93. The second kappa shape index (κ2) is 8.33. The number of fused-ring (bicyclic) bond motifs is 1. The molecule has 0 aliphatic heterocycles. The number of aromatic amines is 1. The lowest BCUT2D eigenvalue weighted by Gasteiger charge is -2.12. The highest BCUT2D eigenvalue weighted by atomic mass is 32.2. The van der Waals surface area contributed by atoms with Crippen LogP contribution in [0.1, 0.15) is 23.2 Å². The summed E-state index contributed by atoms with van der Waals surface area (Å²) in [6.07, 6.45) is 2.34. The molecule has 0 fully saturated rings. The van der Waals surface area contributed by atoms with Crippen molar-refractivity contribution >= 4 is 22.2 Å². The minimum absolute atomic E-state index is 0.0688. The zero-order valence-electron chi connectivity index (χ0n) is 18.0. The van der Waals surface area contributed by atoms with Crippen LogP contribution >= 0.6 is 0 Å². The number of pyridine rings is 1. The summed E-state index contributed by atoms with van der Waals surface area (Å²) in [6, 6.07) is 0.514. The van der Waals surface area contributed by atoms with Crippen LogP contribution < -0.4 is 4.74 Å². The quantitative estimate of drug-likeness (QED) is 0.491. The first-order chi connectivity index (χ1) is 13.8. The van der Waals surface area contributed by atoms with Crippen LogP contribution in [-0.4, -0.2) is 39.8 Å². The van der Waals surface area contributed by atoms with Gasteiger partial charge in [0.05, 0.1) is 28.8 Å². The lowest BCUT2D eigenvalue weighted by Crippen LogP contribution is -2.10. The predicted molar refractivity (Wildman–Crippen MR) is 97.2 cm³/mol. The highest BCUT2D eigenvalue weighted by Crippen LogP contribution is 2.24. The highest BCUT2D eigenvalue weighted by Gasteiger charge is 2.20. The Morgan fingerprint density at radius 2 is 2.16 bits per heavy atom. The third-order valence-electron chi connectivity index (χ3n) is 3.61. The second-order valence-electron chi connectivity index (χ2n) is 5.33. The maximum atomic E-state index is 12.8.